The summed E-state index contributed by atoms with van der Waals surface area (Å²) >= 11 is 0. The number of carbonyl (C=O) groups excluding carboxylic acids is 1. The zero-order valence-electron chi connectivity index (χ0n) is 15.3. The number of benzene rings is 1. The number of para-hydroxylation sites is 2. The second kappa shape index (κ2) is 7.54. The molecule has 1 fully saturated rings. The zero-order valence-corrected chi connectivity index (χ0v) is 15.3. The van der Waals surface area contributed by atoms with Gasteiger partial charge in [0.2, 0.25) is 0 Å². The molecule has 0 atom stereocenters. The molecule has 1 aliphatic heterocycles. The molecule has 1 aromatic heterocycles. The van der Waals surface area contributed by atoms with E-state index in [-0.39, 0.29) is 5.91 Å². The van der Waals surface area contributed by atoms with Crippen LogP contribution in [0.2, 0.25) is 0 Å². The number of ether oxygens (including phenoxy) is 1. The molecule has 0 aliphatic carbocycles. The van der Waals surface area contributed by atoms with Crippen molar-refractivity contribution in [2.24, 2.45) is 0 Å². The second-order valence-electron chi connectivity index (χ2n) is 6.93. The van der Waals surface area contributed by atoms with Crippen LogP contribution in [-0.2, 0) is 16.0 Å². The van der Waals surface area contributed by atoms with Gasteiger partial charge in [0.25, 0.3) is 5.91 Å². The molecule has 0 spiro atoms. The van der Waals surface area contributed by atoms with Crippen LogP contribution in [0, 0.1) is 0 Å². The molecule has 6 heteroatoms. The van der Waals surface area contributed by atoms with Crippen LogP contribution in [0.15, 0.2) is 24.3 Å². The number of hydrogen-bond acceptors (Lipinski definition) is 4. The minimum Gasteiger partial charge on any atom is -0.368 e. The smallest absolute Gasteiger partial charge is 0.252 e. The number of methoxy groups -OCH3 is 1. The summed E-state index contributed by atoms with van der Waals surface area (Å²) in [4.78, 5) is 17.4. The maximum atomic E-state index is 12.6. The lowest BCUT2D eigenvalue weighted by Crippen LogP contribution is -2.54. The molecule has 2 aromatic rings. The average Bonchev–Trinajstić information content (AvgIpc) is 3.00. The fraction of sp³-hybridized carbons (Fsp3) is 0.579. The molecule has 0 bridgehead atoms. The van der Waals surface area contributed by atoms with E-state index in [2.05, 4.69) is 35.1 Å². The summed E-state index contributed by atoms with van der Waals surface area (Å²) in [5.74, 6) is 0.997. The summed E-state index contributed by atoms with van der Waals surface area (Å²) < 4.78 is 7.83. The minimum atomic E-state index is -0.691. The van der Waals surface area contributed by atoms with Crippen molar-refractivity contribution in [2.45, 2.75) is 44.8 Å². The van der Waals surface area contributed by atoms with E-state index in [9.17, 15) is 4.79 Å². The Morgan fingerprint density at radius 3 is 2.76 bits per heavy atom. The van der Waals surface area contributed by atoms with Gasteiger partial charge in [-0.2, -0.15) is 0 Å². The summed E-state index contributed by atoms with van der Waals surface area (Å²) in [5, 5.41) is 6.33. The molecule has 2 N–H and O–H groups in total. The predicted molar refractivity (Wildman–Crippen MR) is 98.7 cm³/mol. The highest BCUT2D eigenvalue weighted by Crippen LogP contribution is 2.23. The summed E-state index contributed by atoms with van der Waals surface area (Å²) in [6, 6.07) is 8.50. The number of rotatable bonds is 6. The number of imidazole rings is 1. The van der Waals surface area contributed by atoms with Crippen LogP contribution in [0.5, 0.6) is 0 Å². The van der Waals surface area contributed by atoms with E-state index in [0.717, 1.165) is 29.9 Å². The van der Waals surface area contributed by atoms with E-state index in [1.807, 2.05) is 18.2 Å². The lowest BCUT2D eigenvalue weighted by atomic mass is 9.91. The monoisotopic (exact) mass is 344 g/mol. The van der Waals surface area contributed by atoms with Crippen molar-refractivity contribution in [2.75, 3.05) is 26.7 Å². The number of amides is 1. The Balaban J connectivity index is 1.68. The van der Waals surface area contributed by atoms with Crippen LogP contribution < -0.4 is 10.6 Å². The first-order chi connectivity index (χ1) is 12.1. The van der Waals surface area contributed by atoms with Crippen LogP contribution in [0.25, 0.3) is 11.0 Å². The number of hydrogen-bond donors (Lipinski definition) is 2. The van der Waals surface area contributed by atoms with Crippen LogP contribution >= 0.6 is 0 Å². The number of nitrogens with zero attached hydrogens (tertiary/aromatic N) is 2. The van der Waals surface area contributed by atoms with Gasteiger partial charge in [-0.15, -0.1) is 0 Å². The topological polar surface area (TPSA) is 68.2 Å². The maximum Gasteiger partial charge on any atom is 0.252 e. The molecular formula is C19H28N4O2. The van der Waals surface area contributed by atoms with Crippen molar-refractivity contribution < 1.29 is 9.53 Å². The van der Waals surface area contributed by atoms with Crippen molar-refractivity contribution in [1.29, 1.82) is 0 Å². The molecule has 25 heavy (non-hydrogen) atoms. The zero-order chi connectivity index (χ0) is 17.9. The molecule has 0 saturated carbocycles. The van der Waals surface area contributed by atoms with Gasteiger partial charge in [0.05, 0.1) is 11.0 Å². The molecule has 0 radical (unpaired) electrons. The van der Waals surface area contributed by atoms with Crippen LogP contribution in [0.3, 0.4) is 0 Å². The predicted octanol–water partition coefficient (Wildman–Crippen LogP) is 2.04. The molecule has 1 saturated heterocycles. The summed E-state index contributed by atoms with van der Waals surface area (Å²) in [7, 11) is 1.63. The summed E-state index contributed by atoms with van der Waals surface area (Å²) in [6.07, 6.45) is 2.12. The van der Waals surface area contributed by atoms with Gasteiger partial charge in [-0.3, -0.25) is 4.79 Å². The van der Waals surface area contributed by atoms with Crippen molar-refractivity contribution in [3.05, 3.63) is 30.1 Å². The van der Waals surface area contributed by atoms with E-state index in [1.54, 1.807) is 7.11 Å². The van der Waals surface area contributed by atoms with Gasteiger partial charge in [0, 0.05) is 26.1 Å². The van der Waals surface area contributed by atoms with E-state index < -0.39 is 5.60 Å². The first kappa shape index (κ1) is 17.9. The summed E-state index contributed by atoms with van der Waals surface area (Å²) in [5.41, 5.74) is 1.46. The van der Waals surface area contributed by atoms with Crippen LogP contribution in [0.1, 0.15) is 38.6 Å². The van der Waals surface area contributed by atoms with Crippen LogP contribution in [-0.4, -0.2) is 47.8 Å². The van der Waals surface area contributed by atoms with Gasteiger partial charge in [-0.1, -0.05) is 12.1 Å². The molecule has 1 aromatic carbocycles. The fourth-order valence-corrected chi connectivity index (χ4v) is 3.65. The normalized spacial score (nSPS) is 17.1. The second-order valence-corrected chi connectivity index (χ2v) is 6.93. The molecule has 1 amide bonds. The van der Waals surface area contributed by atoms with E-state index in [1.165, 1.54) is 0 Å². The minimum absolute atomic E-state index is 0.0105. The van der Waals surface area contributed by atoms with Gasteiger partial charge in [0.1, 0.15) is 11.4 Å². The van der Waals surface area contributed by atoms with Crippen molar-refractivity contribution in [3.63, 3.8) is 0 Å². The fourth-order valence-electron chi connectivity index (χ4n) is 3.65. The average molecular weight is 344 g/mol. The Kier molecular flexibility index (Phi) is 5.39. The van der Waals surface area contributed by atoms with Gasteiger partial charge < -0.3 is 19.9 Å². The quantitative estimate of drug-likeness (QED) is 0.841. The third-order valence-electron chi connectivity index (χ3n) is 5.04. The maximum absolute atomic E-state index is 12.6. The molecule has 6 nitrogen and oxygen atoms in total. The van der Waals surface area contributed by atoms with Gasteiger partial charge >= 0.3 is 0 Å². The van der Waals surface area contributed by atoms with E-state index in [0.29, 0.717) is 31.8 Å². The third kappa shape index (κ3) is 3.55. The molecule has 3 rings (SSSR count). The van der Waals surface area contributed by atoms with Crippen molar-refractivity contribution in [3.8, 4) is 0 Å². The highest BCUT2D eigenvalue weighted by Gasteiger charge is 2.39. The standard InChI is InChI=1S/C19H28N4O2/c1-14(2)23-16-7-5-4-6-15(16)22-17(23)8-11-21-18(24)19(25-3)9-12-20-13-10-19/h4-7,14,20H,8-13H2,1-3H3,(H,21,24). The lowest BCUT2D eigenvalue weighted by Gasteiger charge is -2.34. The number of carbonyl (C=O) groups is 1. The Labute approximate surface area is 149 Å². The van der Waals surface area contributed by atoms with E-state index >= 15 is 0 Å². The largest absolute Gasteiger partial charge is 0.368 e. The molecular weight excluding hydrogens is 316 g/mol. The lowest BCUT2D eigenvalue weighted by molar-refractivity contribution is -0.146. The molecule has 1 aliphatic rings. The highest BCUT2D eigenvalue weighted by atomic mass is 16.5. The Morgan fingerprint density at radius 2 is 2.08 bits per heavy atom. The SMILES string of the molecule is COC1(C(=O)NCCc2nc3ccccc3n2C(C)C)CCNCC1. The first-order valence-corrected chi connectivity index (χ1v) is 9.07. The third-order valence-corrected chi connectivity index (χ3v) is 5.04. The highest BCUT2D eigenvalue weighted by molar-refractivity contribution is 5.85. The number of piperidine rings is 1. The number of nitrogens with one attached hydrogen (secondary N) is 2. The molecule has 0 unspecified atom stereocenters. The molecule has 136 valence electrons. The Bertz CT molecular complexity index is 732. The molecule has 2 heterocycles. The van der Waals surface area contributed by atoms with E-state index in [4.69, 9.17) is 9.72 Å². The van der Waals surface area contributed by atoms with Gasteiger partial charge in [-0.25, -0.2) is 4.98 Å². The van der Waals surface area contributed by atoms with Gasteiger partial charge in [-0.05, 0) is 51.9 Å². The Hall–Kier alpha value is -1.92. The van der Waals surface area contributed by atoms with Crippen molar-refractivity contribution >= 4 is 16.9 Å². The summed E-state index contributed by atoms with van der Waals surface area (Å²) in [6.45, 7) is 6.50. The van der Waals surface area contributed by atoms with Crippen LogP contribution in [0.4, 0.5) is 0 Å². The Morgan fingerprint density at radius 1 is 1.36 bits per heavy atom. The van der Waals surface area contributed by atoms with Crippen molar-refractivity contribution in [1.82, 2.24) is 20.2 Å². The first-order valence-electron chi connectivity index (χ1n) is 9.07. The number of aromatic nitrogens is 2. The number of fused-ring (bicyclic) bond motifs is 1. The van der Waals surface area contributed by atoms with Gasteiger partial charge in [0.15, 0.2) is 0 Å².